The second-order valence-corrected chi connectivity index (χ2v) is 9.33. The Bertz CT molecular complexity index is 598. The van der Waals surface area contributed by atoms with Crippen molar-refractivity contribution in [3.8, 4) is 0 Å². The molecule has 0 aliphatic heterocycles. The number of carboxylic acids is 1. The highest BCUT2D eigenvalue weighted by Crippen LogP contribution is 2.65. The minimum absolute atomic E-state index is 0.108. The summed E-state index contributed by atoms with van der Waals surface area (Å²) < 4.78 is 0. The van der Waals surface area contributed by atoms with Crippen LogP contribution in [0.1, 0.15) is 65.7 Å². The average molecular weight is 334 g/mol. The second-order valence-electron chi connectivity index (χ2n) is 9.33. The van der Waals surface area contributed by atoms with E-state index >= 15 is 0 Å². The Morgan fingerprint density at radius 1 is 1.25 bits per heavy atom. The normalized spacial score (nSPS) is 51.4. The lowest BCUT2D eigenvalue weighted by atomic mass is 9.45. The Labute approximate surface area is 144 Å². The number of aliphatic hydroxyl groups is 1. The number of hydrogen-bond acceptors (Lipinski definition) is 3. The predicted octanol–water partition coefficient (Wildman–Crippen LogP) is 3.58. The van der Waals surface area contributed by atoms with Crippen molar-refractivity contribution in [2.24, 2.45) is 27.6 Å². The minimum atomic E-state index is -0.838. The van der Waals surface area contributed by atoms with E-state index in [4.69, 9.17) is 0 Å². The van der Waals surface area contributed by atoms with Crippen molar-refractivity contribution < 1.29 is 19.8 Å². The van der Waals surface area contributed by atoms with Gasteiger partial charge in [0.15, 0.2) is 0 Å². The van der Waals surface area contributed by atoms with Crippen molar-refractivity contribution >= 4 is 11.8 Å². The number of carboxylic acid groups (broad SMARTS) is 1. The molecule has 0 aromatic heterocycles. The molecule has 3 saturated carbocycles. The Morgan fingerprint density at radius 2 is 1.92 bits per heavy atom. The molecule has 0 aromatic carbocycles. The largest absolute Gasteiger partial charge is 0.481 e. The van der Waals surface area contributed by atoms with Gasteiger partial charge in [0.05, 0.1) is 16.9 Å². The van der Waals surface area contributed by atoms with Gasteiger partial charge in [-0.15, -0.1) is 6.58 Å². The maximum Gasteiger partial charge on any atom is 0.309 e. The van der Waals surface area contributed by atoms with Gasteiger partial charge in [0.25, 0.3) is 0 Å². The van der Waals surface area contributed by atoms with Crippen LogP contribution in [0.25, 0.3) is 0 Å². The van der Waals surface area contributed by atoms with E-state index in [-0.39, 0.29) is 17.1 Å². The van der Waals surface area contributed by atoms with Gasteiger partial charge in [-0.1, -0.05) is 26.3 Å². The summed E-state index contributed by atoms with van der Waals surface area (Å²) in [7, 11) is 0. The molecule has 3 aliphatic rings. The van der Waals surface area contributed by atoms with Gasteiger partial charge in [0, 0.05) is 5.41 Å². The summed E-state index contributed by atoms with van der Waals surface area (Å²) >= 11 is 0. The maximum absolute atomic E-state index is 13.6. The first-order chi connectivity index (χ1) is 11.0. The van der Waals surface area contributed by atoms with Crippen LogP contribution in [0.5, 0.6) is 0 Å². The molecular formula is C20H30O4. The topological polar surface area (TPSA) is 74.6 Å². The van der Waals surface area contributed by atoms with Gasteiger partial charge in [0.2, 0.25) is 0 Å². The van der Waals surface area contributed by atoms with Crippen LogP contribution in [-0.4, -0.2) is 28.1 Å². The number of Topliss-reactive ketones (excluding diaryl/α,β-unsaturated/α-hetero) is 1. The predicted molar refractivity (Wildman–Crippen MR) is 91.4 cm³/mol. The van der Waals surface area contributed by atoms with Crippen LogP contribution in [0.3, 0.4) is 0 Å². The fourth-order valence-electron chi connectivity index (χ4n) is 6.31. The van der Waals surface area contributed by atoms with Gasteiger partial charge < -0.3 is 10.2 Å². The monoisotopic (exact) mass is 334 g/mol. The standard InChI is InChI=1S/C20H30O4/c1-5-17(2)11-14(21)20(12-17)10-7-13-18(3,15(20)22)8-6-9-19(13,4)16(23)24/h5,13-14,21H,1,6-12H2,2-4H3,(H,23,24)/t13-,14+,17+,18+,19-,20-/m1/s1. The van der Waals surface area contributed by atoms with E-state index in [0.717, 1.165) is 12.8 Å². The molecule has 0 unspecified atom stereocenters. The number of carbonyl (C=O) groups is 2. The molecule has 24 heavy (non-hydrogen) atoms. The summed E-state index contributed by atoms with van der Waals surface area (Å²) in [5, 5.41) is 20.6. The summed E-state index contributed by atoms with van der Waals surface area (Å²) in [6.45, 7) is 9.72. The molecule has 3 rings (SSSR count). The van der Waals surface area contributed by atoms with Crippen LogP contribution >= 0.6 is 0 Å². The van der Waals surface area contributed by atoms with Crippen molar-refractivity contribution in [1.29, 1.82) is 0 Å². The van der Waals surface area contributed by atoms with Gasteiger partial charge in [-0.25, -0.2) is 0 Å². The molecule has 0 heterocycles. The van der Waals surface area contributed by atoms with E-state index in [9.17, 15) is 19.8 Å². The van der Waals surface area contributed by atoms with E-state index in [1.807, 2.05) is 19.9 Å². The first kappa shape index (κ1) is 17.7. The molecular weight excluding hydrogens is 304 g/mol. The van der Waals surface area contributed by atoms with Crippen LogP contribution in [0.15, 0.2) is 12.7 Å². The third-order valence-corrected chi connectivity index (χ3v) is 7.78. The Hall–Kier alpha value is -1.16. The van der Waals surface area contributed by atoms with Gasteiger partial charge in [-0.3, -0.25) is 9.59 Å². The number of hydrogen-bond donors (Lipinski definition) is 2. The number of allylic oxidation sites excluding steroid dienone is 1. The molecule has 4 nitrogen and oxygen atoms in total. The van der Waals surface area contributed by atoms with E-state index in [1.165, 1.54) is 0 Å². The molecule has 134 valence electrons. The van der Waals surface area contributed by atoms with Crippen molar-refractivity contribution in [2.75, 3.05) is 0 Å². The average Bonchev–Trinajstić information content (AvgIpc) is 2.77. The van der Waals surface area contributed by atoms with E-state index in [1.54, 1.807) is 0 Å². The SMILES string of the molecule is C=C[C@@]1(C)C[C@H](O)[C@@]2(CC[C@H]3[C@](C)(C(=O)O)CCC[C@]3(C)C2=O)C1. The van der Waals surface area contributed by atoms with Gasteiger partial charge in [-0.05, 0) is 56.8 Å². The number of aliphatic hydroxyl groups excluding tert-OH is 1. The molecule has 3 aliphatic carbocycles. The lowest BCUT2D eigenvalue weighted by Gasteiger charge is -2.56. The lowest BCUT2D eigenvalue weighted by Crippen LogP contribution is -2.60. The zero-order valence-corrected chi connectivity index (χ0v) is 15.1. The van der Waals surface area contributed by atoms with Gasteiger partial charge in [-0.2, -0.15) is 0 Å². The molecule has 0 bridgehead atoms. The van der Waals surface area contributed by atoms with E-state index in [0.29, 0.717) is 32.1 Å². The number of carbonyl (C=O) groups excluding carboxylic acids is 1. The molecule has 0 radical (unpaired) electrons. The van der Waals surface area contributed by atoms with E-state index < -0.39 is 28.3 Å². The summed E-state index contributed by atoms with van der Waals surface area (Å²) in [6.07, 6.45) is 5.85. The molecule has 2 N–H and O–H groups in total. The molecule has 0 saturated heterocycles. The van der Waals surface area contributed by atoms with Crippen LogP contribution in [0.4, 0.5) is 0 Å². The third kappa shape index (κ3) is 2.08. The molecule has 1 spiro atoms. The van der Waals surface area contributed by atoms with Gasteiger partial charge >= 0.3 is 5.97 Å². The Kier molecular flexibility index (Phi) is 3.80. The molecule has 4 heteroatoms. The fraction of sp³-hybridized carbons (Fsp3) is 0.800. The molecule has 0 amide bonds. The summed E-state index contributed by atoms with van der Waals surface area (Å²) in [5.41, 5.74) is -2.42. The molecule has 0 aromatic rings. The molecule has 3 fully saturated rings. The highest BCUT2D eigenvalue weighted by atomic mass is 16.4. The Morgan fingerprint density at radius 3 is 2.46 bits per heavy atom. The zero-order valence-electron chi connectivity index (χ0n) is 15.1. The maximum atomic E-state index is 13.6. The van der Waals surface area contributed by atoms with E-state index in [2.05, 4.69) is 13.5 Å². The number of rotatable bonds is 2. The minimum Gasteiger partial charge on any atom is -0.481 e. The van der Waals surface area contributed by atoms with Gasteiger partial charge in [0.1, 0.15) is 5.78 Å². The first-order valence-electron chi connectivity index (χ1n) is 9.14. The van der Waals surface area contributed by atoms with Crippen molar-refractivity contribution in [3.63, 3.8) is 0 Å². The van der Waals surface area contributed by atoms with Crippen molar-refractivity contribution in [1.82, 2.24) is 0 Å². The van der Waals surface area contributed by atoms with Crippen LogP contribution in [-0.2, 0) is 9.59 Å². The summed E-state index contributed by atoms with van der Waals surface area (Å²) in [6, 6.07) is 0. The van der Waals surface area contributed by atoms with Crippen molar-refractivity contribution in [3.05, 3.63) is 12.7 Å². The van der Waals surface area contributed by atoms with Crippen molar-refractivity contribution in [2.45, 2.75) is 71.8 Å². The summed E-state index contributed by atoms with van der Waals surface area (Å²) in [4.78, 5) is 25.6. The van der Waals surface area contributed by atoms with Crippen LogP contribution in [0.2, 0.25) is 0 Å². The molecule has 6 atom stereocenters. The first-order valence-corrected chi connectivity index (χ1v) is 9.14. The highest BCUT2D eigenvalue weighted by Gasteiger charge is 2.67. The number of fused-ring (bicyclic) bond motifs is 1. The smallest absolute Gasteiger partial charge is 0.309 e. The van der Waals surface area contributed by atoms with Crippen LogP contribution < -0.4 is 0 Å². The zero-order chi connectivity index (χ0) is 18.0. The quantitative estimate of drug-likeness (QED) is 0.757. The number of ketones is 1. The number of aliphatic carboxylic acids is 1. The fourth-order valence-corrected chi connectivity index (χ4v) is 6.31. The lowest BCUT2D eigenvalue weighted by molar-refractivity contribution is -0.177. The Balaban J connectivity index is 2.01. The summed E-state index contributed by atoms with van der Waals surface area (Å²) in [5.74, 6) is -0.821. The third-order valence-electron chi connectivity index (χ3n) is 7.78. The highest BCUT2D eigenvalue weighted by molar-refractivity contribution is 5.93. The second kappa shape index (κ2) is 5.17. The van der Waals surface area contributed by atoms with Crippen LogP contribution in [0, 0.1) is 27.6 Å².